The highest BCUT2D eigenvalue weighted by molar-refractivity contribution is 7.81. The predicted octanol–water partition coefficient (Wildman–Crippen LogP) is 1.30. The normalized spacial score (nSPS) is 19.5. The van der Waals surface area contributed by atoms with Crippen LogP contribution in [0.15, 0.2) is 18.5 Å². The van der Waals surface area contributed by atoms with Crippen LogP contribution in [-0.4, -0.2) is 36.8 Å². The van der Waals surface area contributed by atoms with E-state index in [0.717, 1.165) is 25.1 Å². The Morgan fingerprint density at radius 1 is 1.53 bits per heavy atom. The van der Waals surface area contributed by atoms with Crippen LogP contribution in [0.4, 0.5) is 3.89 Å². The summed E-state index contributed by atoms with van der Waals surface area (Å²) < 4.78 is 37.2. The molecule has 1 aliphatic rings. The average molecular weight is 288 g/mol. The minimum Gasteiger partial charge on any atom is -0.357 e. The van der Waals surface area contributed by atoms with Crippen molar-refractivity contribution in [1.29, 1.82) is 0 Å². The summed E-state index contributed by atoms with van der Waals surface area (Å²) in [6, 6.07) is 1.29. The molecule has 1 aliphatic heterocycles. The second-order valence-electron chi connectivity index (χ2n) is 4.38. The van der Waals surface area contributed by atoms with Gasteiger partial charge in [0.25, 0.3) is 5.91 Å². The molecule has 2 rings (SSSR count). The van der Waals surface area contributed by atoms with Crippen LogP contribution in [0.5, 0.6) is 5.75 Å². The van der Waals surface area contributed by atoms with Gasteiger partial charge in [-0.15, -0.1) is 0 Å². The lowest BCUT2D eigenvalue weighted by Gasteiger charge is -2.21. The van der Waals surface area contributed by atoms with E-state index in [1.807, 2.05) is 6.92 Å². The number of amides is 1. The fourth-order valence-corrected chi connectivity index (χ4v) is 2.42. The summed E-state index contributed by atoms with van der Waals surface area (Å²) in [5.41, 5.74) is 0.176. The maximum atomic E-state index is 12.4. The lowest BCUT2D eigenvalue weighted by molar-refractivity contribution is 0.0746. The Balaban J connectivity index is 2.21. The van der Waals surface area contributed by atoms with Gasteiger partial charge in [0.2, 0.25) is 0 Å². The van der Waals surface area contributed by atoms with Gasteiger partial charge in [-0.05, 0) is 25.8 Å². The van der Waals surface area contributed by atoms with Crippen molar-refractivity contribution < 1.29 is 21.3 Å². The number of carbonyl (C=O) groups is 1. The number of nitrogens with zero attached hydrogens (tertiary/aromatic N) is 2. The lowest BCUT2D eigenvalue weighted by atomic mass is 10.2. The Bertz CT molecular complexity index is 590. The summed E-state index contributed by atoms with van der Waals surface area (Å²) in [4.78, 5) is 17.5. The molecule has 1 saturated heterocycles. The Labute approximate surface area is 110 Å². The van der Waals surface area contributed by atoms with E-state index in [0.29, 0.717) is 6.54 Å². The van der Waals surface area contributed by atoms with E-state index in [4.69, 9.17) is 0 Å². The number of carbonyl (C=O) groups excluding carboxylic acids is 1. The molecule has 1 amide bonds. The highest BCUT2D eigenvalue weighted by Crippen LogP contribution is 2.21. The molecule has 6 nitrogen and oxygen atoms in total. The lowest BCUT2D eigenvalue weighted by Crippen LogP contribution is -2.33. The van der Waals surface area contributed by atoms with Crippen LogP contribution in [0.1, 0.15) is 30.1 Å². The van der Waals surface area contributed by atoms with Gasteiger partial charge >= 0.3 is 10.5 Å². The molecule has 1 fully saturated rings. The smallest absolute Gasteiger partial charge is 0.357 e. The fraction of sp³-hybridized carbons (Fsp3) is 0.455. The largest absolute Gasteiger partial charge is 0.488 e. The van der Waals surface area contributed by atoms with Gasteiger partial charge in [-0.3, -0.25) is 9.78 Å². The van der Waals surface area contributed by atoms with E-state index in [9.17, 15) is 17.1 Å². The third-order valence-corrected chi connectivity index (χ3v) is 3.36. The quantitative estimate of drug-likeness (QED) is 0.783. The molecule has 0 radical (unpaired) electrons. The molecule has 8 heteroatoms. The SMILES string of the molecule is C[C@H]1CCCN1C(=O)c1cncc(OS(=O)(=O)F)c1. The van der Waals surface area contributed by atoms with Crippen molar-refractivity contribution in [2.24, 2.45) is 0 Å². The topological polar surface area (TPSA) is 76.6 Å². The van der Waals surface area contributed by atoms with Gasteiger partial charge in [0, 0.05) is 18.8 Å². The van der Waals surface area contributed by atoms with Crippen molar-refractivity contribution in [3.8, 4) is 5.75 Å². The van der Waals surface area contributed by atoms with Gasteiger partial charge < -0.3 is 9.08 Å². The number of pyridine rings is 1. The van der Waals surface area contributed by atoms with Crippen molar-refractivity contribution in [3.63, 3.8) is 0 Å². The molecule has 19 heavy (non-hydrogen) atoms. The minimum absolute atomic E-state index is 0.127. The molecular formula is C11H13FN2O4S. The van der Waals surface area contributed by atoms with E-state index in [-0.39, 0.29) is 23.3 Å². The first-order chi connectivity index (χ1) is 8.87. The number of likely N-dealkylation sites (tertiary alicyclic amines) is 1. The molecule has 0 N–H and O–H groups in total. The summed E-state index contributed by atoms with van der Waals surface area (Å²) in [7, 11) is -5.11. The molecule has 1 atom stereocenters. The predicted molar refractivity (Wildman–Crippen MR) is 64.6 cm³/mol. The second kappa shape index (κ2) is 5.12. The van der Waals surface area contributed by atoms with Gasteiger partial charge in [0.05, 0.1) is 11.8 Å². The maximum absolute atomic E-state index is 12.4. The third kappa shape index (κ3) is 3.40. The van der Waals surface area contributed by atoms with Crippen LogP contribution in [0, 0.1) is 0 Å². The Morgan fingerprint density at radius 3 is 2.84 bits per heavy atom. The standard InChI is InChI=1S/C11H13FN2O4S/c1-8-3-2-4-14(8)11(15)9-5-10(7-13-6-9)18-19(12,16)17/h5-8H,2-4H2,1H3/t8-/m0/s1. The third-order valence-electron chi connectivity index (χ3n) is 2.97. The van der Waals surface area contributed by atoms with E-state index in [1.165, 1.54) is 6.20 Å². The monoisotopic (exact) mass is 288 g/mol. The summed E-state index contributed by atoms with van der Waals surface area (Å²) in [6.07, 6.45) is 4.18. The van der Waals surface area contributed by atoms with Crippen molar-refractivity contribution in [2.45, 2.75) is 25.8 Å². The number of hydrogen-bond donors (Lipinski definition) is 0. The van der Waals surface area contributed by atoms with Crippen LogP contribution < -0.4 is 4.18 Å². The number of rotatable bonds is 3. The second-order valence-corrected chi connectivity index (χ2v) is 5.33. The van der Waals surface area contributed by atoms with Crippen LogP contribution in [0.25, 0.3) is 0 Å². The van der Waals surface area contributed by atoms with Gasteiger partial charge in [0.15, 0.2) is 5.75 Å². The van der Waals surface area contributed by atoms with Gasteiger partial charge in [-0.25, -0.2) is 0 Å². The first kappa shape index (κ1) is 13.7. The molecule has 2 heterocycles. The molecule has 0 saturated carbocycles. The summed E-state index contributed by atoms with van der Waals surface area (Å²) >= 11 is 0. The number of aromatic nitrogens is 1. The number of hydrogen-bond acceptors (Lipinski definition) is 5. The molecule has 0 bridgehead atoms. The van der Waals surface area contributed by atoms with E-state index in [2.05, 4.69) is 9.17 Å². The van der Waals surface area contributed by atoms with Crippen molar-refractivity contribution in [2.75, 3.05) is 6.54 Å². The number of halogens is 1. The van der Waals surface area contributed by atoms with Crippen LogP contribution >= 0.6 is 0 Å². The zero-order valence-electron chi connectivity index (χ0n) is 10.2. The maximum Gasteiger partial charge on any atom is 0.488 e. The Kier molecular flexibility index (Phi) is 3.70. The minimum atomic E-state index is -5.11. The first-order valence-electron chi connectivity index (χ1n) is 5.77. The fourth-order valence-electron chi connectivity index (χ4n) is 2.10. The van der Waals surface area contributed by atoms with Crippen molar-refractivity contribution in [3.05, 3.63) is 24.0 Å². The van der Waals surface area contributed by atoms with E-state index < -0.39 is 10.5 Å². The van der Waals surface area contributed by atoms with Gasteiger partial charge in [0.1, 0.15) is 0 Å². The molecule has 104 valence electrons. The average Bonchev–Trinajstić information content (AvgIpc) is 2.72. The van der Waals surface area contributed by atoms with Crippen molar-refractivity contribution in [1.82, 2.24) is 9.88 Å². The Morgan fingerprint density at radius 2 is 2.26 bits per heavy atom. The molecule has 0 spiro atoms. The molecular weight excluding hydrogens is 275 g/mol. The summed E-state index contributed by atoms with van der Waals surface area (Å²) in [5.74, 6) is -0.584. The highest BCUT2D eigenvalue weighted by atomic mass is 32.3. The van der Waals surface area contributed by atoms with Crippen LogP contribution in [0.3, 0.4) is 0 Å². The molecule has 0 unspecified atom stereocenters. The Hall–Kier alpha value is -1.70. The van der Waals surface area contributed by atoms with E-state index >= 15 is 0 Å². The van der Waals surface area contributed by atoms with Crippen LogP contribution in [-0.2, 0) is 10.5 Å². The van der Waals surface area contributed by atoms with Gasteiger partial charge in [-0.1, -0.05) is 3.89 Å². The molecule has 0 aliphatic carbocycles. The highest BCUT2D eigenvalue weighted by Gasteiger charge is 2.26. The van der Waals surface area contributed by atoms with Crippen molar-refractivity contribution >= 4 is 16.4 Å². The summed E-state index contributed by atoms with van der Waals surface area (Å²) in [5, 5.41) is 0. The van der Waals surface area contributed by atoms with Gasteiger partial charge in [-0.2, -0.15) is 8.42 Å². The zero-order valence-corrected chi connectivity index (χ0v) is 11.1. The zero-order chi connectivity index (χ0) is 14.0. The molecule has 1 aromatic rings. The molecule has 1 aromatic heterocycles. The van der Waals surface area contributed by atoms with Crippen LogP contribution in [0.2, 0.25) is 0 Å². The molecule has 0 aromatic carbocycles. The first-order valence-corrected chi connectivity index (χ1v) is 7.08. The summed E-state index contributed by atoms with van der Waals surface area (Å²) in [6.45, 7) is 2.58. The van der Waals surface area contributed by atoms with E-state index in [1.54, 1.807) is 4.90 Å².